The highest BCUT2D eigenvalue weighted by atomic mass is 16.4. The van der Waals surface area contributed by atoms with Crippen LogP contribution in [0.25, 0.3) is 0 Å². The van der Waals surface area contributed by atoms with E-state index >= 15 is 0 Å². The van der Waals surface area contributed by atoms with Crippen LogP contribution in [0.2, 0.25) is 0 Å². The zero-order valence-electron chi connectivity index (χ0n) is 11.1. The van der Waals surface area contributed by atoms with Crippen molar-refractivity contribution in [2.45, 2.75) is 0 Å². The fourth-order valence-electron chi connectivity index (χ4n) is 1.80. The maximum Gasteiger partial charge on any atom is 0.336 e. The number of anilines is 1. The molecule has 0 atom stereocenters. The first-order valence-corrected chi connectivity index (χ1v) is 6.09. The summed E-state index contributed by atoms with van der Waals surface area (Å²) < 4.78 is 0. The summed E-state index contributed by atoms with van der Waals surface area (Å²) in [4.78, 5) is 34.2. The molecule has 0 saturated carbocycles. The van der Waals surface area contributed by atoms with Crippen LogP contribution in [0.15, 0.2) is 42.5 Å². The number of hydrogen-bond acceptors (Lipinski definition) is 4. The molecular weight excluding hydrogens is 290 g/mol. The molecule has 112 valence electrons. The van der Waals surface area contributed by atoms with Gasteiger partial charge in [-0.3, -0.25) is 4.79 Å². The van der Waals surface area contributed by atoms with Crippen molar-refractivity contribution < 1.29 is 29.7 Å². The molecule has 0 saturated heterocycles. The largest absolute Gasteiger partial charge is 0.508 e. The van der Waals surface area contributed by atoms with Gasteiger partial charge in [-0.25, -0.2) is 9.59 Å². The normalized spacial score (nSPS) is 10.0. The molecule has 0 aliphatic carbocycles. The highest BCUT2D eigenvalue weighted by Gasteiger charge is 2.19. The number of carboxylic acids is 2. The number of benzene rings is 2. The van der Waals surface area contributed by atoms with Gasteiger partial charge >= 0.3 is 11.9 Å². The smallest absolute Gasteiger partial charge is 0.336 e. The van der Waals surface area contributed by atoms with E-state index < -0.39 is 23.4 Å². The fraction of sp³-hybridized carbons (Fsp3) is 0. The minimum atomic E-state index is -1.40. The van der Waals surface area contributed by atoms with E-state index in [-0.39, 0.29) is 16.9 Å². The van der Waals surface area contributed by atoms with Gasteiger partial charge in [-0.2, -0.15) is 0 Å². The van der Waals surface area contributed by atoms with Crippen molar-refractivity contribution in [1.82, 2.24) is 0 Å². The maximum atomic E-state index is 12.1. The van der Waals surface area contributed by atoms with Gasteiger partial charge in [-0.05, 0) is 42.5 Å². The number of carbonyl (C=O) groups is 3. The monoisotopic (exact) mass is 301 g/mol. The Morgan fingerprint density at radius 2 is 1.45 bits per heavy atom. The Hall–Kier alpha value is -3.35. The van der Waals surface area contributed by atoms with Gasteiger partial charge in [0.05, 0.1) is 16.7 Å². The molecule has 2 aromatic carbocycles. The zero-order valence-corrected chi connectivity index (χ0v) is 11.1. The Labute approximate surface area is 124 Å². The first-order valence-electron chi connectivity index (χ1n) is 6.09. The van der Waals surface area contributed by atoms with Crippen LogP contribution in [-0.4, -0.2) is 33.2 Å². The summed E-state index contributed by atoms with van der Waals surface area (Å²) in [6, 6.07) is 8.83. The number of nitrogens with one attached hydrogen (secondary N) is 1. The highest BCUT2D eigenvalue weighted by molar-refractivity contribution is 6.11. The second-order valence-corrected chi connectivity index (χ2v) is 4.37. The van der Waals surface area contributed by atoms with E-state index in [1.165, 1.54) is 24.3 Å². The van der Waals surface area contributed by atoms with Crippen LogP contribution in [0.5, 0.6) is 5.75 Å². The van der Waals surface area contributed by atoms with E-state index in [2.05, 4.69) is 5.32 Å². The van der Waals surface area contributed by atoms with Crippen LogP contribution < -0.4 is 5.32 Å². The summed E-state index contributed by atoms with van der Waals surface area (Å²) in [5.74, 6) is -3.36. The van der Waals surface area contributed by atoms with E-state index in [1.54, 1.807) is 0 Å². The molecular formula is C15H11NO6. The first-order chi connectivity index (χ1) is 10.4. The molecule has 22 heavy (non-hydrogen) atoms. The van der Waals surface area contributed by atoms with Crippen molar-refractivity contribution in [1.29, 1.82) is 0 Å². The van der Waals surface area contributed by atoms with Gasteiger partial charge in [0, 0.05) is 5.69 Å². The number of carbonyl (C=O) groups excluding carboxylic acids is 1. The summed E-state index contributed by atoms with van der Waals surface area (Å²) in [7, 11) is 0. The van der Waals surface area contributed by atoms with E-state index in [4.69, 9.17) is 15.3 Å². The molecule has 0 unspecified atom stereocenters. The van der Waals surface area contributed by atoms with Gasteiger partial charge in [0.15, 0.2) is 0 Å². The topological polar surface area (TPSA) is 124 Å². The Kier molecular flexibility index (Phi) is 4.08. The second kappa shape index (κ2) is 5.96. The summed E-state index contributed by atoms with van der Waals surface area (Å²) in [5.41, 5.74) is -0.429. The van der Waals surface area contributed by atoms with Gasteiger partial charge in [0.1, 0.15) is 5.75 Å². The van der Waals surface area contributed by atoms with Gasteiger partial charge < -0.3 is 20.6 Å². The van der Waals surface area contributed by atoms with Crippen LogP contribution >= 0.6 is 0 Å². The minimum Gasteiger partial charge on any atom is -0.508 e. The van der Waals surface area contributed by atoms with Crippen LogP contribution in [0.3, 0.4) is 0 Å². The molecule has 0 aliphatic heterocycles. The molecule has 7 heteroatoms. The average molecular weight is 301 g/mol. The number of phenols is 1. The predicted octanol–water partition coefficient (Wildman–Crippen LogP) is 2.04. The van der Waals surface area contributed by atoms with Crippen molar-refractivity contribution in [3.05, 3.63) is 59.2 Å². The summed E-state index contributed by atoms with van der Waals surface area (Å²) in [5, 5.41) is 29.6. The Morgan fingerprint density at radius 3 is 2.00 bits per heavy atom. The number of aromatic hydroxyl groups is 1. The quantitative estimate of drug-likeness (QED) is 0.641. The lowest BCUT2D eigenvalue weighted by Crippen LogP contribution is -2.17. The predicted molar refractivity (Wildman–Crippen MR) is 76.4 cm³/mol. The fourth-order valence-corrected chi connectivity index (χ4v) is 1.80. The Balaban J connectivity index is 2.34. The Morgan fingerprint density at radius 1 is 0.818 bits per heavy atom. The lowest BCUT2D eigenvalue weighted by molar-refractivity contribution is 0.0692. The maximum absolute atomic E-state index is 12.1. The SMILES string of the molecule is O=C(O)c1ccc(C(=O)Nc2ccc(O)cc2)c(C(=O)O)c1. The highest BCUT2D eigenvalue weighted by Crippen LogP contribution is 2.17. The lowest BCUT2D eigenvalue weighted by Gasteiger charge is -2.08. The van der Waals surface area contributed by atoms with Crippen LogP contribution in [0.4, 0.5) is 5.69 Å². The van der Waals surface area contributed by atoms with Gasteiger partial charge in [0.2, 0.25) is 0 Å². The first kappa shape index (κ1) is 15.0. The molecule has 0 radical (unpaired) electrons. The van der Waals surface area contributed by atoms with E-state index in [0.717, 1.165) is 18.2 Å². The number of hydrogen-bond donors (Lipinski definition) is 4. The van der Waals surface area contributed by atoms with Crippen LogP contribution in [-0.2, 0) is 0 Å². The molecule has 0 bridgehead atoms. The third-order valence-corrected chi connectivity index (χ3v) is 2.87. The van der Waals surface area contributed by atoms with E-state index in [9.17, 15) is 14.4 Å². The van der Waals surface area contributed by atoms with Crippen molar-refractivity contribution in [3.63, 3.8) is 0 Å². The molecule has 2 aromatic rings. The van der Waals surface area contributed by atoms with Crippen molar-refractivity contribution in [3.8, 4) is 5.75 Å². The van der Waals surface area contributed by atoms with Crippen LogP contribution in [0, 0.1) is 0 Å². The zero-order chi connectivity index (χ0) is 16.3. The van der Waals surface area contributed by atoms with Crippen LogP contribution in [0.1, 0.15) is 31.1 Å². The molecule has 0 fully saturated rings. The summed E-state index contributed by atoms with van der Waals surface area (Å²) in [6.45, 7) is 0. The molecule has 1 amide bonds. The molecule has 7 nitrogen and oxygen atoms in total. The third kappa shape index (κ3) is 3.21. The molecule has 0 aromatic heterocycles. The van der Waals surface area contributed by atoms with Gasteiger partial charge in [-0.1, -0.05) is 0 Å². The van der Waals surface area contributed by atoms with Crippen molar-refractivity contribution >= 4 is 23.5 Å². The third-order valence-electron chi connectivity index (χ3n) is 2.87. The van der Waals surface area contributed by atoms with Gasteiger partial charge in [0.25, 0.3) is 5.91 Å². The molecule has 2 rings (SSSR count). The van der Waals surface area contributed by atoms with Crippen molar-refractivity contribution in [2.75, 3.05) is 5.32 Å². The van der Waals surface area contributed by atoms with E-state index in [1.807, 2.05) is 0 Å². The minimum absolute atomic E-state index is 0.0232. The summed E-state index contributed by atoms with van der Waals surface area (Å²) in [6.07, 6.45) is 0. The number of rotatable bonds is 4. The molecule has 0 spiro atoms. The summed E-state index contributed by atoms with van der Waals surface area (Å²) >= 11 is 0. The molecule has 4 N–H and O–H groups in total. The molecule has 0 heterocycles. The second-order valence-electron chi connectivity index (χ2n) is 4.37. The Bertz CT molecular complexity index is 751. The van der Waals surface area contributed by atoms with Gasteiger partial charge in [-0.15, -0.1) is 0 Å². The number of aromatic carboxylic acids is 2. The lowest BCUT2D eigenvalue weighted by atomic mass is 10.0. The standard InChI is InChI=1S/C15H11NO6/c17-10-4-2-9(3-5-10)16-13(18)11-6-1-8(14(19)20)7-12(11)15(21)22/h1-7,17H,(H,16,18)(H,19,20)(H,21,22). The number of phenolic OH excluding ortho intramolecular Hbond substituents is 1. The number of carboxylic acid groups (broad SMARTS) is 2. The van der Waals surface area contributed by atoms with Crippen molar-refractivity contribution in [2.24, 2.45) is 0 Å². The number of amides is 1. The average Bonchev–Trinajstić information content (AvgIpc) is 2.48. The molecule has 0 aliphatic rings. The van der Waals surface area contributed by atoms with E-state index in [0.29, 0.717) is 5.69 Å².